The summed E-state index contributed by atoms with van der Waals surface area (Å²) in [7, 11) is 0. The summed E-state index contributed by atoms with van der Waals surface area (Å²) in [6, 6.07) is 1.91. The molecule has 0 spiro atoms. The predicted molar refractivity (Wildman–Crippen MR) is 73.4 cm³/mol. The van der Waals surface area contributed by atoms with E-state index in [2.05, 4.69) is 46.4 Å². The average molecular weight is 262 g/mol. The van der Waals surface area contributed by atoms with Gasteiger partial charge < -0.3 is 5.32 Å². The Labute approximate surface area is 112 Å². The van der Waals surface area contributed by atoms with Gasteiger partial charge in [-0.05, 0) is 6.07 Å². The predicted octanol–water partition coefficient (Wildman–Crippen LogP) is 2.52. The molecular formula is C13H18N4S. The maximum atomic E-state index is 4.64. The molecule has 4 nitrogen and oxygen atoms in total. The zero-order chi connectivity index (χ0) is 13.0. The molecule has 2 heterocycles. The minimum atomic E-state index is 0.126. The molecule has 0 aliphatic rings. The molecule has 2 rings (SSSR count). The highest BCUT2D eigenvalue weighted by atomic mass is 32.1. The molecular weight excluding hydrogens is 244 g/mol. The van der Waals surface area contributed by atoms with E-state index in [0.29, 0.717) is 0 Å². The molecule has 0 atom stereocenters. The second kappa shape index (κ2) is 5.54. The van der Waals surface area contributed by atoms with E-state index in [1.54, 1.807) is 23.9 Å². The maximum Gasteiger partial charge on any atom is 0.115 e. The smallest absolute Gasteiger partial charge is 0.115 e. The third-order valence-corrected chi connectivity index (χ3v) is 3.39. The molecule has 1 N–H and O–H groups in total. The van der Waals surface area contributed by atoms with Crippen LogP contribution in [0.1, 0.15) is 37.2 Å². The molecule has 0 saturated carbocycles. The van der Waals surface area contributed by atoms with E-state index in [1.807, 2.05) is 6.07 Å². The van der Waals surface area contributed by atoms with Crippen molar-refractivity contribution in [3.8, 4) is 0 Å². The third kappa shape index (κ3) is 3.58. The first-order chi connectivity index (χ1) is 8.55. The van der Waals surface area contributed by atoms with Gasteiger partial charge in [0.25, 0.3) is 0 Å². The van der Waals surface area contributed by atoms with Crippen molar-refractivity contribution in [2.24, 2.45) is 0 Å². The summed E-state index contributed by atoms with van der Waals surface area (Å²) in [6.45, 7) is 8.07. The molecule has 0 bridgehead atoms. The Kier molecular flexibility index (Phi) is 4.04. The van der Waals surface area contributed by atoms with E-state index in [0.717, 1.165) is 29.5 Å². The van der Waals surface area contributed by atoms with Crippen LogP contribution in [0.15, 0.2) is 24.0 Å². The number of hydrogen-bond donors (Lipinski definition) is 1. The van der Waals surface area contributed by atoms with E-state index in [-0.39, 0.29) is 5.41 Å². The molecule has 0 fully saturated rings. The van der Waals surface area contributed by atoms with Crippen molar-refractivity contribution in [1.29, 1.82) is 0 Å². The standard InChI is InChI=1S/C13H18N4S/c1-13(2,3)11-8-18-12(17-11)7-15-6-10-4-5-14-9-16-10/h4-5,8-9,15H,6-7H2,1-3H3. The fraction of sp³-hybridized carbons (Fsp3) is 0.462. The minimum absolute atomic E-state index is 0.126. The SMILES string of the molecule is CC(C)(C)c1csc(CNCc2ccncn2)n1. The lowest BCUT2D eigenvalue weighted by Crippen LogP contribution is -2.15. The topological polar surface area (TPSA) is 50.7 Å². The van der Waals surface area contributed by atoms with Gasteiger partial charge in [-0.2, -0.15) is 0 Å². The van der Waals surface area contributed by atoms with Gasteiger partial charge in [0.15, 0.2) is 0 Å². The quantitative estimate of drug-likeness (QED) is 0.920. The number of thiazole rings is 1. The van der Waals surface area contributed by atoms with Crippen molar-refractivity contribution < 1.29 is 0 Å². The van der Waals surface area contributed by atoms with Crippen LogP contribution in [0.2, 0.25) is 0 Å². The minimum Gasteiger partial charge on any atom is -0.305 e. The second-order valence-electron chi connectivity index (χ2n) is 5.18. The van der Waals surface area contributed by atoms with Crippen molar-refractivity contribution in [3.05, 3.63) is 40.4 Å². The van der Waals surface area contributed by atoms with E-state index in [9.17, 15) is 0 Å². The third-order valence-electron chi connectivity index (χ3n) is 2.55. The zero-order valence-corrected chi connectivity index (χ0v) is 11.8. The van der Waals surface area contributed by atoms with Crippen LogP contribution in [0.4, 0.5) is 0 Å². The van der Waals surface area contributed by atoms with Crippen LogP contribution in [0, 0.1) is 0 Å². The fourth-order valence-corrected chi connectivity index (χ4v) is 2.45. The van der Waals surface area contributed by atoms with Crippen LogP contribution in [-0.2, 0) is 18.5 Å². The van der Waals surface area contributed by atoms with Crippen molar-refractivity contribution in [3.63, 3.8) is 0 Å². The zero-order valence-electron chi connectivity index (χ0n) is 11.0. The van der Waals surface area contributed by atoms with Gasteiger partial charge in [-0.3, -0.25) is 0 Å². The van der Waals surface area contributed by atoms with Crippen LogP contribution in [-0.4, -0.2) is 15.0 Å². The lowest BCUT2D eigenvalue weighted by atomic mass is 9.93. The highest BCUT2D eigenvalue weighted by Crippen LogP contribution is 2.23. The number of nitrogens with one attached hydrogen (secondary N) is 1. The monoisotopic (exact) mass is 262 g/mol. The van der Waals surface area contributed by atoms with E-state index in [4.69, 9.17) is 0 Å². The first kappa shape index (κ1) is 13.1. The highest BCUT2D eigenvalue weighted by Gasteiger charge is 2.17. The van der Waals surface area contributed by atoms with Gasteiger partial charge in [0, 0.05) is 30.1 Å². The van der Waals surface area contributed by atoms with Crippen molar-refractivity contribution in [1.82, 2.24) is 20.3 Å². The molecule has 0 aliphatic carbocycles. The summed E-state index contributed by atoms with van der Waals surface area (Å²) >= 11 is 1.71. The summed E-state index contributed by atoms with van der Waals surface area (Å²) in [5, 5.41) is 6.60. The Morgan fingerprint density at radius 3 is 2.72 bits per heavy atom. The van der Waals surface area contributed by atoms with Gasteiger partial charge in [0.05, 0.1) is 11.4 Å². The van der Waals surface area contributed by atoms with Crippen LogP contribution in [0.25, 0.3) is 0 Å². The fourth-order valence-electron chi connectivity index (χ4n) is 1.46. The van der Waals surface area contributed by atoms with Gasteiger partial charge >= 0.3 is 0 Å². The number of rotatable bonds is 4. The van der Waals surface area contributed by atoms with E-state index in [1.165, 1.54) is 0 Å². The van der Waals surface area contributed by atoms with Gasteiger partial charge in [-0.1, -0.05) is 20.8 Å². The van der Waals surface area contributed by atoms with Crippen LogP contribution < -0.4 is 5.32 Å². The summed E-state index contributed by atoms with van der Waals surface area (Å²) in [4.78, 5) is 12.7. The largest absolute Gasteiger partial charge is 0.305 e. The summed E-state index contributed by atoms with van der Waals surface area (Å²) in [5.74, 6) is 0. The Hall–Kier alpha value is -1.33. The Bertz CT molecular complexity index is 487. The van der Waals surface area contributed by atoms with Crippen LogP contribution in [0.3, 0.4) is 0 Å². The Balaban J connectivity index is 1.86. The average Bonchev–Trinajstić information content (AvgIpc) is 2.79. The van der Waals surface area contributed by atoms with Crippen molar-refractivity contribution >= 4 is 11.3 Å². The molecule has 18 heavy (non-hydrogen) atoms. The molecule has 96 valence electrons. The Morgan fingerprint density at radius 1 is 1.28 bits per heavy atom. The number of hydrogen-bond acceptors (Lipinski definition) is 5. The molecule has 0 aliphatic heterocycles. The van der Waals surface area contributed by atoms with Crippen LogP contribution in [0.5, 0.6) is 0 Å². The van der Waals surface area contributed by atoms with E-state index >= 15 is 0 Å². The normalized spacial score (nSPS) is 11.7. The van der Waals surface area contributed by atoms with Gasteiger partial charge in [0.1, 0.15) is 11.3 Å². The lowest BCUT2D eigenvalue weighted by Gasteiger charge is -2.14. The molecule has 0 aromatic carbocycles. The van der Waals surface area contributed by atoms with Gasteiger partial charge in [-0.25, -0.2) is 15.0 Å². The molecule has 5 heteroatoms. The van der Waals surface area contributed by atoms with Crippen molar-refractivity contribution in [2.45, 2.75) is 39.3 Å². The second-order valence-corrected chi connectivity index (χ2v) is 6.12. The van der Waals surface area contributed by atoms with Crippen LogP contribution >= 0.6 is 11.3 Å². The molecule has 0 radical (unpaired) electrons. The molecule has 0 saturated heterocycles. The Morgan fingerprint density at radius 2 is 2.11 bits per heavy atom. The van der Waals surface area contributed by atoms with Gasteiger partial charge in [0.2, 0.25) is 0 Å². The molecule has 0 unspecified atom stereocenters. The first-order valence-electron chi connectivity index (χ1n) is 5.96. The number of aromatic nitrogens is 3. The molecule has 2 aromatic heterocycles. The highest BCUT2D eigenvalue weighted by molar-refractivity contribution is 7.09. The summed E-state index contributed by atoms with van der Waals surface area (Å²) in [6.07, 6.45) is 3.32. The van der Waals surface area contributed by atoms with Gasteiger partial charge in [-0.15, -0.1) is 11.3 Å². The molecule has 2 aromatic rings. The number of nitrogens with zero attached hydrogens (tertiary/aromatic N) is 3. The van der Waals surface area contributed by atoms with E-state index < -0.39 is 0 Å². The lowest BCUT2D eigenvalue weighted by molar-refractivity contribution is 0.568. The van der Waals surface area contributed by atoms with Crippen molar-refractivity contribution in [2.75, 3.05) is 0 Å². The maximum absolute atomic E-state index is 4.64. The summed E-state index contributed by atoms with van der Waals surface area (Å²) < 4.78 is 0. The first-order valence-corrected chi connectivity index (χ1v) is 6.84. The summed E-state index contributed by atoms with van der Waals surface area (Å²) in [5.41, 5.74) is 2.28. The molecule has 0 amide bonds.